The van der Waals surface area contributed by atoms with Crippen molar-refractivity contribution in [2.75, 3.05) is 0 Å². The first-order valence-corrected chi connectivity index (χ1v) is 50.3. The van der Waals surface area contributed by atoms with Gasteiger partial charge < -0.3 is 22.7 Å². The number of hydrogen-bond acceptors (Lipinski definition) is 10. The lowest BCUT2D eigenvalue weighted by atomic mass is 10.0. The molecule has 15 heteroatoms. The Balaban J connectivity index is 0.000000109. The van der Waals surface area contributed by atoms with Crippen molar-refractivity contribution in [3.05, 3.63) is 522 Å². The van der Waals surface area contributed by atoms with Gasteiger partial charge in [0.2, 0.25) is 5.95 Å². The Morgan fingerprint density at radius 2 is 0.347 bits per heavy atom. The highest BCUT2D eigenvalue weighted by atomic mass is 16.3. The quantitative estimate of drug-likeness (QED) is 0.0969. The van der Waals surface area contributed by atoms with E-state index in [1.807, 2.05) is 194 Å². The van der Waals surface area contributed by atoms with Crippen LogP contribution in [0.2, 0.25) is 0 Å². The fraction of sp³-hybridized carbons (Fsp3) is 0. The largest absolute Gasteiger partial charge is 0.455 e. The first kappa shape index (κ1) is 87.3. The van der Waals surface area contributed by atoms with E-state index in [1.165, 1.54) is 71.1 Å². The average Bonchev–Trinajstić information content (AvgIpc) is 1.56. The van der Waals surface area contributed by atoms with Crippen molar-refractivity contribution >= 4 is 131 Å². The molecule has 9 aromatic heterocycles. The molecule has 30 rings (SSSR count). The molecule has 0 saturated carbocycles. The molecule has 0 fully saturated rings. The lowest BCUT2D eigenvalue weighted by molar-refractivity contribution is 0.673. The van der Waals surface area contributed by atoms with Gasteiger partial charge in [-0.2, -0.15) is 9.97 Å². The molecule has 0 radical (unpaired) electrons. The van der Waals surface area contributed by atoms with Crippen LogP contribution in [0.25, 0.3) is 273 Å². The SMILES string of the molecule is c1ccc(-c2nc(-c3ccccc3)nc(-c3ccc(-n4c5ccccc5c5c6oc7ccccc7c6ccc54)cc3)n2)cc1.c1ccc(-c2nc(-c3ccccc3)nc(-c3ccc(-n4c5ccccc5c5cc(-c6ccc7c(c6)c6ccccc6n7-c6ccccc6)ccc54)cc3)n2)cc1.c1ccc(-c2nc(-c3ccccc3)nc(-n3c4ccccc4c4cc(-c5ccc6c(c5)c5ccccc5n6-c5ccccc5)ccc43)n2)cc1. The number of hydrogen-bond donors (Lipinski definition) is 0. The van der Waals surface area contributed by atoms with Crippen LogP contribution in [-0.4, -0.2) is 67.7 Å². The van der Waals surface area contributed by atoms with Crippen molar-refractivity contribution in [2.24, 2.45) is 0 Å². The summed E-state index contributed by atoms with van der Waals surface area (Å²) in [5.41, 5.74) is 30.0. The molecular weight excluding hydrogens is 1830 g/mol. The van der Waals surface area contributed by atoms with Crippen molar-refractivity contribution < 1.29 is 4.42 Å². The Hall–Kier alpha value is -20.6. The van der Waals surface area contributed by atoms with Gasteiger partial charge in [-0.1, -0.05) is 352 Å². The predicted molar refractivity (Wildman–Crippen MR) is 613 cm³/mol. The van der Waals surface area contributed by atoms with Crippen LogP contribution in [0, 0.1) is 0 Å². The zero-order valence-corrected chi connectivity index (χ0v) is 80.8. The van der Waals surface area contributed by atoms with Crippen LogP contribution in [0.4, 0.5) is 0 Å². The third-order valence-corrected chi connectivity index (χ3v) is 28.6. The molecule has 0 aliphatic heterocycles. The molecule has 0 aliphatic rings. The van der Waals surface area contributed by atoms with Crippen molar-refractivity contribution in [2.45, 2.75) is 0 Å². The molecule has 0 unspecified atom stereocenters. The maximum absolute atomic E-state index is 6.46. The number of furan rings is 1. The van der Waals surface area contributed by atoms with E-state index >= 15 is 0 Å². The van der Waals surface area contributed by atoms with Gasteiger partial charge in [-0.25, -0.2) is 34.9 Å². The van der Waals surface area contributed by atoms with E-state index < -0.39 is 0 Å². The van der Waals surface area contributed by atoms with Crippen LogP contribution in [0.5, 0.6) is 0 Å². The summed E-state index contributed by atoms with van der Waals surface area (Å²) in [5, 5.41) is 14.2. The molecule has 702 valence electrons. The number of benzene rings is 21. The van der Waals surface area contributed by atoms with Gasteiger partial charge in [0.25, 0.3) is 0 Å². The Morgan fingerprint density at radius 1 is 0.133 bits per heavy atom. The van der Waals surface area contributed by atoms with Crippen LogP contribution in [0.15, 0.2) is 526 Å². The van der Waals surface area contributed by atoms with Crippen LogP contribution < -0.4 is 0 Å². The lowest BCUT2D eigenvalue weighted by Gasteiger charge is -2.11. The molecule has 0 aliphatic carbocycles. The number of fused-ring (bicyclic) bond motifs is 19. The summed E-state index contributed by atoms with van der Waals surface area (Å²) in [7, 11) is 0. The van der Waals surface area contributed by atoms with Gasteiger partial charge in [-0.3, -0.25) is 4.57 Å². The molecule has 0 N–H and O–H groups in total. The lowest BCUT2D eigenvalue weighted by Crippen LogP contribution is -2.06. The first-order valence-electron chi connectivity index (χ1n) is 50.3. The predicted octanol–water partition coefficient (Wildman–Crippen LogP) is 33.7. The monoisotopic (exact) mass is 1920 g/mol. The van der Waals surface area contributed by atoms with Crippen LogP contribution in [0.1, 0.15) is 0 Å². The van der Waals surface area contributed by atoms with Gasteiger partial charge in [-0.05, 0) is 192 Å². The molecule has 30 aromatic rings. The topological polar surface area (TPSA) is 154 Å². The summed E-state index contributed by atoms with van der Waals surface area (Å²) in [6.07, 6.45) is 0. The Bertz CT molecular complexity index is 10300. The number of nitrogens with zero attached hydrogens (tertiary/aromatic N) is 14. The average molecular weight is 1920 g/mol. The fourth-order valence-corrected chi connectivity index (χ4v) is 21.6. The van der Waals surface area contributed by atoms with Gasteiger partial charge in [0.1, 0.15) is 11.2 Å². The number of rotatable bonds is 15. The zero-order chi connectivity index (χ0) is 99.1. The summed E-state index contributed by atoms with van der Waals surface area (Å²) in [6.45, 7) is 0. The van der Waals surface area contributed by atoms with E-state index in [1.54, 1.807) is 0 Å². The molecular formula is C135H86N14O. The Labute approximate surface area is 860 Å². The number of para-hydroxylation sites is 8. The maximum Gasteiger partial charge on any atom is 0.238 e. The molecule has 0 atom stereocenters. The molecule has 0 spiro atoms. The van der Waals surface area contributed by atoms with Crippen molar-refractivity contribution in [1.82, 2.24) is 67.7 Å². The second-order valence-electron chi connectivity index (χ2n) is 37.5. The standard InChI is InChI=1S/C51H33N5.C45H29N5.C39H24N4O/c1-4-14-34(15-5-1)49-52-50(35-16-6-2-7-17-35)54-51(53-49)36-24-28-40(29-25-36)56-46-23-13-11-21-42(46)44-33-38(27-31-48(44)56)37-26-30-47-43(32-37)41-20-10-12-22-45(41)55(47)39-18-8-3-9-19-39;1-4-14-30(15-5-1)43-46-44(31-16-6-2-7-17-31)48-45(47-43)50-40-23-13-11-21-36(40)38-29-33(25-27-42(38)50)32-24-26-41-37(28-32)35-20-10-12-22-39(35)49(41)34-18-8-3-9-19-34;1-3-11-25(12-4-1)37-40-38(26-13-5-2-6-14-26)42-39(41-37)27-19-21-28(22-20-27)43-32-17-9-7-16-31(32)35-33(43)24-23-30-29-15-8-10-18-34(29)44-36(30)35/h1-33H;1-29H;1-24H. The van der Waals surface area contributed by atoms with Crippen molar-refractivity contribution in [3.63, 3.8) is 0 Å². The normalized spacial score (nSPS) is 11.6. The minimum Gasteiger partial charge on any atom is -0.455 e. The van der Waals surface area contributed by atoms with Gasteiger partial charge in [0.15, 0.2) is 46.6 Å². The first-order chi connectivity index (χ1) is 74.4. The van der Waals surface area contributed by atoms with E-state index in [0.29, 0.717) is 52.5 Å². The molecule has 0 amide bonds. The fourth-order valence-electron chi connectivity index (χ4n) is 21.6. The molecule has 150 heavy (non-hydrogen) atoms. The maximum atomic E-state index is 6.46. The minimum absolute atomic E-state index is 0.590. The second kappa shape index (κ2) is 37.0. The zero-order valence-electron chi connectivity index (χ0n) is 80.8. The molecule has 15 nitrogen and oxygen atoms in total. The highest BCUT2D eigenvalue weighted by Gasteiger charge is 2.26. The highest BCUT2D eigenvalue weighted by Crippen LogP contribution is 2.46. The van der Waals surface area contributed by atoms with E-state index in [-0.39, 0.29) is 0 Å². The second-order valence-corrected chi connectivity index (χ2v) is 37.5. The van der Waals surface area contributed by atoms with E-state index in [0.717, 1.165) is 149 Å². The summed E-state index contributed by atoms with van der Waals surface area (Å²) < 4.78 is 18.0. The van der Waals surface area contributed by atoms with Crippen LogP contribution in [0.3, 0.4) is 0 Å². The molecule has 9 heterocycles. The van der Waals surface area contributed by atoms with E-state index in [2.05, 4.69) is 350 Å². The van der Waals surface area contributed by atoms with Gasteiger partial charge in [-0.15, -0.1) is 0 Å². The molecule has 0 bridgehead atoms. The third-order valence-electron chi connectivity index (χ3n) is 28.6. The van der Waals surface area contributed by atoms with Crippen molar-refractivity contribution in [1.29, 1.82) is 0 Å². The minimum atomic E-state index is 0.590. The third kappa shape index (κ3) is 15.5. The summed E-state index contributed by atoms with van der Waals surface area (Å²) in [6, 6.07) is 182. The Morgan fingerprint density at radius 3 is 0.667 bits per heavy atom. The van der Waals surface area contributed by atoms with Gasteiger partial charge >= 0.3 is 0 Å². The van der Waals surface area contributed by atoms with E-state index in [4.69, 9.17) is 49.3 Å². The molecule has 21 aromatic carbocycles. The number of aromatic nitrogens is 14. The summed E-state index contributed by atoms with van der Waals surface area (Å²) >= 11 is 0. The van der Waals surface area contributed by atoms with Crippen molar-refractivity contribution in [3.8, 4) is 142 Å². The Kier molecular flexibility index (Phi) is 21.5. The molecule has 0 saturated heterocycles. The highest BCUT2D eigenvalue weighted by molar-refractivity contribution is 6.24. The van der Waals surface area contributed by atoms with Gasteiger partial charge in [0.05, 0.1) is 60.6 Å². The van der Waals surface area contributed by atoms with Crippen LogP contribution in [-0.2, 0) is 0 Å². The smallest absolute Gasteiger partial charge is 0.238 e. The summed E-state index contributed by atoms with van der Waals surface area (Å²) in [5.74, 6) is 5.74. The van der Waals surface area contributed by atoms with E-state index in [9.17, 15) is 0 Å². The van der Waals surface area contributed by atoms with Gasteiger partial charge in [0, 0.05) is 127 Å². The summed E-state index contributed by atoms with van der Waals surface area (Å²) in [4.78, 5) is 44.5. The van der Waals surface area contributed by atoms with Crippen LogP contribution >= 0.6 is 0 Å².